The number of benzene rings is 1. The molecule has 0 unspecified atom stereocenters. The van der Waals surface area contributed by atoms with Crippen LogP contribution in [-0.4, -0.2) is 35.9 Å². The summed E-state index contributed by atoms with van der Waals surface area (Å²) in [5.74, 6) is -1.03. The van der Waals surface area contributed by atoms with Crippen LogP contribution in [0.25, 0.3) is 11.5 Å². The highest BCUT2D eigenvalue weighted by Gasteiger charge is 2.17. The molecule has 0 aliphatic rings. The molecule has 0 saturated carbocycles. The molecule has 1 aromatic carbocycles. The lowest BCUT2D eigenvalue weighted by atomic mass is 10.1. The highest BCUT2D eigenvalue weighted by molar-refractivity contribution is 7.90. The van der Waals surface area contributed by atoms with Gasteiger partial charge in [-0.15, -0.1) is 5.10 Å². The smallest absolute Gasteiger partial charge is 0.335 e. The molecule has 2 rings (SSSR count). The van der Waals surface area contributed by atoms with Crippen LogP contribution in [0.5, 0.6) is 0 Å². The van der Waals surface area contributed by atoms with Crippen LogP contribution in [0, 0.1) is 0 Å². The minimum absolute atomic E-state index is 0.0207. The number of aromatic carboxylic acids is 1. The molecule has 0 fully saturated rings. The minimum atomic E-state index is -3.55. The van der Waals surface area contributed by atoms with Crippen LogP contribution in [0.2, 0.25) is 0 Å². The van der Waals surface area contributed by atoms with Gasteiger partial charge in [0.15, 0.2) is 0 Å². The van der Waals surface area contributed by atoms with Gasteiger partial charge in [-0.1, -0.05) is 5.10 Å². The van der Waals surface area contributed by atoms with Crippen LogP contribution in [0.1, 0.15) is 10.4 Å². The largest absolute Gasteiger partial charge is 0.478 e. The van der Waals surface area contributed by atoms with Crippen molar-refractivity contribution >= 4 is 15.8 Å². The quantitative estimate of drug-likeness (QED) is 0.877. The summed E-state index contributed by atoms with van der Waals surface area (Å²) in [7, 11) is -3.55. The number of carbonyl (C=O) groups is 1. The third-order valence-corrected chi connectivity index (χ3v) is 2.90. The number of sulfone groups is 1. The molecule has 0 radical (unpaired) electrons. The molecule has 18 heavy (non-hydrogen) atoms. The first kappa shape index (κ1) is 12.2. The SMILES string of the molecule is CS(=O)(=O)c1nnc(-c2ccc(C(=O)O)cc2)o1. The van der Waals surface area contributed by atoms with Gasteiger partial charge in [-0.2, -0.15) is 0 Å². The summed E-state index contributed by atoms with van der Waals surface area (Å²) < 4.78 is 27.3. The average Bonchev–Trinajstić information content (AvgIpc) is 2.78. The lowest BCUT2D eigenvalue weighted by Gasteiger charge is -1.96. The molecule has 94 valence electrons. The van der Waals surface area contributed by atoms with E-state index >= 15 is 0 Å². The molecule has 1 heterocycles. The number of rotatable bonds is 3. The predicted molar refractivity (Wildman–Crippen MR) is 59.8 cm³/mol. The standard InChI is InChI=1S/C10H8N2O5S/c1-18(15,16)10-12-11-8(17-10)6-2-4-7(5-3-6)9(13)14/h2-5H,1H3,(H,13,14). The molecule has 0 aliphatic heterocycles. The van der Waals surface area contributed by atoms with E-state index in [4.69, 9.17) is 9.52 Å². The van der Waals surface area contributed by atoms with Crippen molar-refractivity contribution in [3.05, 3.63) is 29.8 Å². The second-order valence-electron chi connectivity index (χ2n) is 3.53. The number of aromatic nitrogens is 2. The van der Waals surface area contributed by atoms with E-state index in [1.54, 1.807) is 0 Å². The molecular weight excluding hydrogens is 260 g/mol. The van der Waals surface area contributed by atoms with Crippen molar-refractivity contribution in [1.82, 2.24) is 10.2 Å². The van der Waals surface area contributed by atoms with E-state index in [2.05, 4.69) is 10.2 Å². The van der Waals surface area contributed by atoms with Gasteiger partial charge < -0.3 is 9.52 Å². The lowest BCUT2D eigenvalue weighted by Crippen LogP contribution is -1.96. The summed E-state index contributed by atoms with van der Waals surface area (Å²) in [6, 6.07) is 5.65. The molecule has 0 saturated heterocycles. The maximum absolute atomic E-state index is 11.1. The number of carboxylic acids is 1. The molecule has 0 aliphatic carbocycles. The molecule has 8 heteroatoms. The van der Waals surface area contributed by atoms with Crippen molar-refractivity contribution in [2.24, 2.45) is 0 Å². The molecular formula is C10H8N2O5S. The Bertz CT molecular complexity index is 687. The van der Waals surface area contributed by atoms with Crippen molar-refractivity contribution in [3.63, 3.8) is 0 Å². The van der Waals surface area contributed by atoms with Crippen LogP contribution >= 0.6 is 0 Å². The normalized spacial score (nSPS) is 11.4. The Morgan fingerprint density at radius 3 is 2.28 bits per heavy atom. The van der Waals surface area contributed by atoms with Gasteiger partial charge >= 0.3 is 11.2 Å². The van der Waals surface area contributed by atoms with E-state index in [1.165, 1.54) is 24.3 Å². The van der Waals surface area contributed by atoms with E-state index in [0.717, 1.165) is 6.26 Å². The van der Waals surface area contributed by atoms with Crippen LogP contribution in [0.15, 0.2) is 33.9 Å². The van der Waals surface area contributed by atoms with Crippen LogP contribution in [0.3, 0.4) is 0 Å². The van der Waals surface area contributed by atoms with Gasteiger partial charge in [-0.3, -0.25) is 0 Å². The molecule has 0 bridgehead atoms. The monoisotopic (exact) mass is 268 g/mol. The zero-order valence-corrected chi connectivity index (χ0v) is 10.0. The van der Waals surface area contributed by atoms with Crippen LogP contribution < -0.4 is 0 Å². The summed E-state index contributed by atoms with van der Waals surface area (Å²) in [6.45, 7) is 0. The van der Waals surface area contributed by atoms with Gasteiger partial charge in [-0.05, 0) is 24.3 Å². The lowest BCUT2D eigenvalue weighted by molar-refractivity contribution is 0.0697. The second kappa shape index (κ2) is 4.22. The van der Waals surface area contributed by atoms with Crippen molar-refractivity contribution in [3.8, 4) is 11.5 Å². The maximum Gasteiger partial charge on any atom is 0.335 e. The number of nitrogens with zero attached hydrogens (tertiary/aromatic N) is 2. The Morgan fingerprint density at radius 1 is 1.22 bits per heavy atom. The second-order valence-corrected chi connectivity index (χ2v) is 5.42. The third-order valence-electron chi connectivity index (χ3n) is 2.10. The van der Waals surface area contributed by atoms with Crippen LogP contribution in [0.4, 0.5) is 0 Å². The Morgan fingerprint density at radius 2 is 1.83 bits per heavy atom. The molecule has 1 aromatic heterocycles. The Kier molecular flexibility index (Phi) is 2.87. The summed E-state index contributed by atoms with van der Waals surface area (Å²) in [6.07, 6.45) is 0.956. The first-order chi connectivity index (χ1) is 8.38. The molecule has 0 atom stereocenters. The molecule has 0 spiro atoms. The van der Waals surface area contributed by atoms with E-state index in [-0.39, 0.29) is 11.5 Å². The highest BCUT2D eigenvalue weighted by atomic mass is 32.2. The molecule has 7 nitrogen and oxygen atoms in total. The van der Waals surface area contributed by atoms with Gasteiger partial charge in [0, 0.05) is 11.8 Å². The average molecular weight is 268 g/mol. The van der Waals surface area contributed by atoms with E-state index in [0.29, 0.717) is 5.56 Å². The minimum Gasteiger partial charge on any atom is -0.478 e. The third kappa shape index (κ3) is 2.38. The van der Waals surface area contributed by atoms with Crippen molar-refractivity contribution < 1.29 is 22.7 Å². The fraction of sp³-hybridized carbons (Fsp3) is 0.100. The van der Waals surface area contributed by atoms with E-state index < -0.39 is 21.0 Å². The Hall–Kier alpha value is -2.22. The zero-order valence-electron chi connectivity index (χ0n) is 9.19. The maximum atomic E-state index is 11.1. The summed E-state index contributed by atoms with van der Waals surface area (Å²) >= 11 is 0. The number of hydrogen-bond donors (Lipinski definition) is 1. The predicted octanol–water partition coefficient (Wildman–Crippen LogP) is 0.838. The van der Waals surface area contributed by atoms with Crippen LogP contribution in [-0.2, 0) is 9.84 Å². The van der Waals surface area contributed by atoms with Gasteiger partial charge in [0.1, 0.15) is 0 Å². The topological polar surface area (TPSA) is 110 Å². The Labute approximate surface area is 102 Å². The van der Waals surface area contributed by atoms with Gasteiger partial charge in [0.05, 0.1) is 5.56 Å². The summed E-state index contributed by atoms with van der Waals surface area (Å²) in [5.41, 5.74) is 0.559. The summed E-state index contributed by atoms with van der Waals surface area (Å²) in [4.78, 5) is 10.7. The van der Waals surface area contributed by atoms with Crippen molar-refractivity contribution in [2.75, 3.05) is 6.26 Å². The van der Waals surface area contributed by atoms with Crippen molar-refractivity contribution in [1.29, 1.82) is 0 Å². The summed E-state index contributed by atoms with van der Waals surface area (Å²) in [5, 5.41) is 15.2. The number of carboxylic acid groups (broad SMARTS) is 1. The van der Waals surface area contributed by atoms with Crippen molar-refractivity contribution in [2.45, 2.75) is 5.22 Å². The highest BCUT2D eigenvalue weighted by Crippen LogP contribution is 2.20. The molecule has 1 N–H and O–H groups in total. The fourth-order valence-electron chi connectivity index (χ4n) is 1.23. The van der Waals surface area contributed by atoms with E-state index in [9.17, 15) is 13.2 Å². The van der Waals surface area contributed by atoms with E-state index in [1.807, 2.05) is 0 Å². The first-order valence-corrected chi connectivity index (χ1v) is 6.64. The molecule has 2 aromatic rings. The van der Waals surface area contributed by atoms with Gasteiger partial charge in [0.2, 0.25) is 15.7 Å². The first-order valence-electron chi connectivity index (χ1n) is 4.75. The van der Waals surface area contributed by atoms with Gasteiger partial charge in [0.25, 0.3) is 0 Å². The Balaban J connectivity index is 2.38. The zero-order chi connectivity index (χ0) is 13.3. The molecule has 0 amide bonds. The number of hydrogen-bond acceptors (Lipinski definition) is 6. The fourth-order valence-corrected chi connectivity index (χ4v) is 1.65. The van der Waals surface area contributed by atoms with Gasteiger partial charge in [-0.25, -0.2) is 13.2 Å².